The molecular weight excluding hydrogens is 238 g/mol. The number of nitrogens with zero attached hydrogens (tertiary/aromatic N) is 1. The van der Waals surface area contributed by atoms with Gasteiger partial charge in [0.15, 0.2) is 0 Å². The van der Waals surface area contributed by atoms with Crippen LogP contribution >= 0.6 is 11.6 Å². The zero-order chi connectivity index (χ0) is 13.1. The van der Waals surface area contributed by atoms with E-state index < -0.39 is 0 Å². The Hall–Kier alpha value is -1.29. The third kappa shape index (κ3) is 4.23. The molecule has 0 aliphatic heterocycles. The SMILES string of the molecule is CCNc1cc(C(=O)NC(C)(C)C)c(Cl)cn1. The fourth-order valence-corrected chi connectivity index (χ4v) is 1.49. The molecule has 4 nitrogen and oxygen atoms in total. The van der Waals surface area contributed by atoms with Crippen LogP contribution in [0.2, 0.25) is 5.02 Å². The number of hydrogen-bond donors (Lipinski definition) is 2. The van der Waals surface area contributed by atoms with E-state index in [1.54, 1.807) is 6.07 Å². The van der Waals surface area contributed by atoms with Crippen molar-refractivity contribution in [2.75, 3.05) is 11.9 Å². The molecule has 0 saturated heterocycles. The third-order valence-corrected chi connectivity index (χ3v) is 2.25. The number of nitrogens with one attached hydrogen (secondary N) is 2. The van der Waals surface area contributed by atoms with Gasteiger partial charge in [0.2, 0.25) is 0 Å². The van der Waals surface area contributed by atoms with Gasteiger partial charge >= 0.3 is 0 Å². The number of amides is 1. The highest BCUT2D eigenvalue weighted by molar-refractivity contribution is 6.33. The first-order chi connectivity index (χ1) is 7.83. The average molecular weight is 256 g/mol. The van der Waals surface area contributed by atoms with Crippen LogP contribution < -0.4 is 10.6 Å². The molecule has 0 atom stereocenters. The summed E-state index contributed by atoms with van der Waals surface area (Å²) < 4.78 is 0. The Morgan fingerprint density at radius 1 is 1.47 bits per heavy atom. The third-order valence-electron chi connectivity index (χ3n) is 1.95. The molecule has 0 saturated carbocycles. The van der Waals surface area contributed by atoms with E-state index in [1.807, 2.05) is 27.7 Å². The Morgan fingerprint density at radius 2 is 2.12 bits per heavy atom. The van der Waals surface area contributed by atoms with Gasteiger partial charge in [-0.05, 0) is 33.8 Å². The maximum absolute atomic E-state index is 12.0. The van der Waals surface area contributed by atoms with E-state index in [0.717, 1.165) is 6.54 Å². The lowest BCUT2D eigenvalue weighted by atomic mass is 10.1. The van der Waals surface area contributed by atoms with Crippen molar-refractivity contribution in [3.63, 3.8) is 0 Å². The summed E-state index contributed by atoms with van der Waals surface area (Å²) in [6.45, 7) is 8.47. The summed E-state index contributed by atoms with van der Waals surface area (Å²) in [4.78, 5) is 16.1. The van der Waals surface area contributed by atoms with E-state index in [4.69, 9.17) is 11.6 Å². The highest BCUT2D eigenvalue weighted by Crippen LogP contribution is 2.18. The maximum Gasteiger partial charge on any atom is 0.253 e. The molecule has 0 radical (unpaired) electrons. The number of carbonyl (C=O) groups excluding carboxylic acids is 1. The maximum atomic E-state index is 12.0. The van der Waals surface area contributed by atoms with Gasteiger partial charge in [-0.25, -0.2) is 4.98 Å². The standard InChI is InChI=1S/C12H18ClN3O/c1-5-14-10-6-8(9(13)7-15-10)11(17)16-12(2,3)4/h6-7H,5H2,1-4H3,(H,14,15)(H,16,17). The molecule has 2 N–H and O–H groups in total. The zero-order valence-electron chi connectivity index (χ0n) is 10.6. The topological polar surface area (TPSA) is 54.0 Å². The van der Waals surface area contributed by atoms with Gasteiger partial charge in [0.05, 0.1) is 10.6 Å². The molecule has 1 amide bonds. The van der Waals surface area contributed by atoms with Crippen LogP contribution in [0.3, 0.4) is 0 Å². The largest absolute Gasteiger partial charge is 0.370 e. The molecule has 17 heavy (non-hydrogen) atoms. The molecule has 0 spiro atoms. The van der Waals surface area contributed by atoms with Gasteiger partial charge in [-0.15, -0.1) is 0 Å². The molecule has 0 bridgehead atoms. The molecule has 0 aliphatic rings. The highest BCUT2D eigenvalue weighted by atomic mass is 35.5. The molecule has 0 aliphatic carbocycles. The molecule has 1 heterocycles. The number of anilines is 1. The van der Waals surface area contributed by atoms with Crippen LogP contribution in [0.15, 0.2) is 12.3 Å². The molecule has 1 aromatic heterocycles. The lowest BCUT2D eigenvalue weighted by molar-refractivity contribution is 0.0919. The van der Waals surface area contributed by atoms with Crippen LogP contribution in [0, 0.1) is 0 Å². The number of hydrogen-bond acceptors (Lipinski definition) is 3. The van der Waals surface area contributed by atoms with Crippen molar-refractivity contribution in [2.45, 2.75) is 33.2 Å². The van der Waals surface area contributed by atoms with Crippen LogP contribution in [-0.4, -0.2) is 23.0 Å². The van der Waals surface area contributed by atoms with E-state index in [1.165, 1.54) is 6.20 Å². The molecule has 94 valence electrons. The fraction of sp³-hybridized carbons (Fsp3) is 0.500. The van der Waals surface area contributed by atoms with Gasteiger partial charge < -0.3 is 10.6 Å². The first-order valence-corrected chi connectivity index (χ1v) is 5.93. The van der Waals surface area contributed by atoms with E-state index >= 15 is 0 Å². The Morgan fingerprint density at radius 3 is 2.65 bits per heavy atom. The lowest BCUT2D eigenvalue weighted by Crippen LogP contribution is -2.40. The second-order valence-corrected chi connectivity index (χ2v) is 5.19. The lowest BCUT2D eigenvalue weighted by Gasteiger charge is -2.21. The van der Waals surface area contributed by atoms with Crippen LogP contribution in [0.25, 0.3) is 0 Å². The van der Waals surface area contributed by atoms with Gasteiger partial charge in [-0.1, -0.05) is 11.6 Å². The summed E-state index contributed by atoms with van der Waals surface area (Å²) in [6, 6.07) is 1.66. The molecule has 0 unspecified atom stereocenters. The van der Waals surface area contributed by atoms with Gasteiger partial charge in [-0.3, -0.25) is 4.79 Å². The van der Waals surface area contributed by atoms with E-state index in [0.29, 0.717) is 16.4 Å². The van der Waals surface area contributed by atoms with Crippen LogP contribution in [0.5, 0.6) is 0 Å². The number of aromatic nitrogens is 1. The number of pyridine rings is 1. The van der Waals surface area contributed by atoms with E-state index in [9.17, 15) is 4.79 Å². The van der Waals surface area contributed by atoms with Crippen molar-refractivity contribution in [2.24, 2.45) is 0 Å². The number of halogens is 1. The van der Waals surface area contributed by atoms with Crippen LogP contribution in [-0.2, 0) is 0 Å². The van der Waals surface area contributed by atoms with Crippen molar-refractivity contribution in [3.05, 3.63) is 22.8 Å². The quantitative estimate of drug-likeness (QED) is 0.873. The predicted octanol–water partition coefficient (Wildman–Crippen LogP) is 2.70. The first-order valence-electron chi connectivity index (χ1n) is 5.55. The summed E-state index contributed by atoms with van der Waals surface area (Å²) in [5.74, 6) is 0.458. The Kier molecular flexibility index (Phi) is 4.34. The smallest absolute Gasteiger partial charge is 0.253 e. The summed E-state index contributed by atoms with van der Waals surface area (Å²) >= 11 is 5.97. The Balaban J connectivity index is 2.95. The number of carbonyl (C=O) groups is 1. The zero-order valence-corrected chi connectivity index (χ0v) is 11.4. The Labute approximate surface area is 107 Å². The minimum absolute atomic E-state index is 0.191. The first kappa shape index (κ1) is 13.8. The second kappa shape index (κ2) is 5.36. The van der Waals surface area contributed by atoms with Crippen molar-refractivity contribution >= 4 is 23.3 Å². The minimum atomic E-state index is -0.290. The van der Waals surface area contributed by atoms with Crippen molar-refractivity contribution < 1.29 is 4.79 Å². The number of rotatable bonds is 3. The molecule has 5 heteroatoms. The molecule has 0 fully saturated rings. The van der Waals surface area contributed by atoms with E-state index in [-0.39, 0.29) is 11.4 Å². The second-order valence-electron chi connectivity index (χ2n) is 4.78. The summed E-state index contributed by atoms with van der Waals surface area (Å²) in [5, 5.41) is 6.26. The molecule has 1 aromatic rings. The molecule has 0 aromatic carbocycles. The van der Waals surface area contributed by atoms with Gasteiger partial charge in [0.1, 0.15) is 5.82 Å². The van der Waals surface area contributed by atoms with E-state index in [2.05, 4.69) is 15.6 Å². The van der Waals surface area contributed by atoms with Crippen molar-refractivity contribution in [3.8, 4) is 0 Å². The van der Waals surface area contributed by atoms with Gasteiger partial charge in [0.25, 0.3) is 5.91 Å². The monoisotopic (exact) mass is 255 g/mol. The normalized spacial score (nSPS) is 11.1. The van der Waals surface area contributed by atoms with Crippen molar-refractivity contribution in [1.82, 2.24) is 10.3 Å². The fourth-order valence-electron chi connectivity index (χ4n) is 1.30. The molecule has 1 rings (SSSR count). The molecular formula is C12H18ClN3O. The summed E-state index contributed by atoms with van der Waals surface area (Å²) in [6.07, 6.45) is 1.48. The summed E-state index contributed by atoms with van der Waals surface area (Å²) in [7, 11) is 0. The van der Waals surface area contributed by atoms with Crippen molar-refractivity contribution in [1.29, 1.82) is 0 Å². The predicted molar refractivity (Wildman–Crippen MR) is 70.6 cm³/mol. The van der Waals surface area contributed by atoms with Gasteiger partial charge in [-0.2, -0.15) is 0 Å². The minimum Gasteiger partial charge on any atom is -0.370 e. The van der Waals surface area contributed by atoms with Crippen LogP contribution in [0.1, 0.15) is 38.1 Å². The van der Waals surface area contributed by atoms with Crippen LogP contribution in [0.4, 0.5) is 5.82 Å². The highest BCUT2D eigenvalue weighted by Gasteiger charge is 2.18. The van der Waals surface area contributed by atoms with Gasteiger partial charge in [0, 0.05) is 18.3 Å². The Bertz CT molecular complexity index is 413. The summed E-state index contributed by atoms with van der Waals surface area (Å²) in [5.41, 5.74) is 0.148. The average Bonchev–Trinajstić information content (AvgIpc) is 2.18.